The predicted octanol–water partition coefficient (Wildman–Crippen LogP) is 2.60. The summed E-state index contributed by atoms with van der Waals surface area (Å²) in [7, 11) is 0. The van der Waals surface area contributed by atoms with Gasteiger partial charge in [-0.3, -0.25) is 9.59 Å². The number of amides is 1. The minimum atomic E-state index is -0.754. The minimum Gasteiger partial charge on any atom is -0.481 e. The second-order valence-electron chi connectivity index (χ2n) is 6.99. The Morgan fingerprint density at radius 1 is 1.25 bits per heavy atom. The van der Waals surface area contributed by atoms with Crippen molar-refractivity contribution in [3.8, 4) is 0 Å². The Bertz CT molecular complexity index is 414. The van der Waals surface area contributed by atoms with Crippen LogP contribution in [-0.4, -0.2) is 23.5 Å². The highest BCUT2D eigenvalue weighted by Gasteiger charge is 2.39. The molecule has 0 heterocycles. The highest BCUT2D eigenvalue weighted by atomic mass is 16.4. The molecule has 1 saturated carbocycles. The third-order valence-electron chi connectivity index (χ3n) is 4.73. The van der Waals surface area contributed by atoms with E-state index in [1.807, 2.05) is 0 Å². The molecule has 0 spiro atoms. The molecular formula is C16H25NO3. The smallest absolute Gasteiger partial charge is 0.303 e. The SMILES string of the molecule is CC(C)(CCNC(=O)C1CC2C=CC1C2)CCC(=O)O. The largest absolute Gasteiger partial charge is 0.481 e. The van der Waals surface area contributed by atoms with E-state index in [1.54, 1.807) is 0 Å². The second kappa shape index (κ2) is 5.98. The lowest BCUT2D eigenvalue weighted by atomic mass is 9.84. The van der Waals surface area contributed by atoms with Crippen molar-refractivity contribution in [2.75, 3.05) is 6.54 Å². The molecule has 0 radical (unpaired) electrons. The number of carbonyl (C=O) groups is 2. The maximum absolute atomic E-state index is 12.1. The molecule has 1 fully saturated rings. The minimum absolute atomic E-state index is 0.0414. The van der Waals surface area contributed by atoms with Crippen LogP contribution in [0.5, 0.6) is 0 Å². The van der Waals surface area contributed by atoms with Crippen molar-refractivity contribution in [1.82, 2.24) is 5.32 Å². The fourth-order valence-electron chi connectivity index (χ4n) is 3.31. The summed E-state index contributed by atoms with van der Waals surface area (Å²) in [4.78, 5) is 22.7. The number of hydrogen-bond acceptors (Lipinski definition) is 2. The Hall–Kier alpha value is -1.32. The molecule has 2 aliphatic rings. The molecule has 0 saturated heterocycles. The van der Waals surface area contributed by atoms with E-state index >= 15 is 0 Å². The van der Waals surface area contributed by atoms with Gasteiger partial charge >= 0.3 is 5.97 Å². The molecule has 2 bridgehead atoms. The summed E-state index contributed by atoms with van der Waals surface area (Å²) in [5.74, 6) is 0.640. The Balaban J connectivity index is 1.69. The number of carboxylic acids is 1. The lowest BCUT2D eigenvalue weighted by molar-refractivity contribution is -0.137. The molecule has 2 aliphatic carbocycles. The van der Waals surface area contributed by atoms with E-state index in [0.717, 1.165) is 19.3 Å². The highest BCUT2D eigenvalue weighted by molar-refractivity contribution is 5.79. The van der Waals surface area contributed by atoms with Crippen LogP contribution in [0.4, 0.5) is 0 Å². The van der Waals surface area contributed by atoms with Crippen LogP contribution in [0.25, 0.3) is 0 Å². The van der Waals surface area contributed by atoms with E-state index in [4.69, 9.17) is 5.11 Å². The fourth-order valence-corrected chi connectivity index (χ4v) is 3.31. The first-order valence-electron chi connectivity index (χ1n) is 7.55. The quantitative estimate of drug-likeness (QED) is 0.704. The molecule has 20 heavy (non-hydrogen) atoms. The van der Waals surface area contributed by atoms with Crippen LogP contribution in [0, 0.1) is 23.2 Å². The molecule has 2 rings (SSSR count). The summed E-state index contributed by atoms with van der Waals surface area (Å²) in [5, 5.41) is 11.8. The van der Waals surface area contributed by atoms with Gasteiger partial charge in [0.25, 0.3) is 0 Å². The topological polar surface area (TPSA) is 66.4 Å². The van der Waals surface area contributed by atoms with E-state index in [9.17, 15) is 9.59 Å². The molecule has 0 aliphatic heterocycles. The number of rotatable bonds is 7. The number of nitrogens with one attached hydrogen (secondary N) is 1. The van der Waals surface area contributed by atoms with Crippen molar-refractivity contribution in [3.63, 3.8) is 0 Å². The van der Waals surface area contributed by atoms with Gasteiger partial charge < -0.3 is 10.4 Å². The first-order valence-corrected chi connectivity index (χ1v) is 7.55. The molecule has 3 atom stereocenters. The van der Waals surface area contributed by atoms with Gasteiger partial charge in [-0.05, 0) is 42.9 Å². The van der Waals surface area contributed by atoms with Gasteiger partial charge in [0.05, 0.1) is 0 Å². The van der Waals surface area contributed by atoms with Crippen molar-refractivity contribution in [1.29, 1.82) is 0 Å². The second-order valence-corrected chi connectivity index (χ2v) is 6.99. The Labute approximate surface area is 120 Å². The van der Waals surface area contributed by atoms with E-state index in [-0.39, 0.29) is 23.7 Å². The van der Waals surface area contributed by atoms with E-state index in [0.29, 0.717) is 24.8 Å². The Kier molecular flexibility index (Phi) is 4.51. The maximum atomic E-state index is 12.1. The van der Waals surface area contributed by atoms with E-state index in [1.165, 1.54) is 0 Å². The number of hydrogen-bond donors (Lipinski definition) is 2. The third-order valence-corrected chi connectivity index (χ3v) is 4.73. The normalized spacial score (nSPS) is 27.8. The zero-order chi connectivity index (χ0) is 14.8. The molecule has 0 aromatic carbocycles. The summed E-state index contributed by atoms with van der Waals surface area (Å²) in [6, 6.07) is 0. The van der Waals surface area contributed by atoms with Gasteiger partial charge in [0, 0.05) is 18.9 Å². The number of carbonyl (C=O) groups excluding carboxylic acids is 1. The summed E-state index contributed by atoms with van der Waals surface area (Å²) in [6.07, 6.45) is 8.23. The molecule has 0 aromatic heterocycles. The summed E-state index contributed by atoms with van der Waals surface area (Å²) >= 11 is 0. The molecule has 112 valence electrons. The zero-order valence-corrected chi connectivity index (χ0v) is 12.4. The van der Waals surface area contributed by atoms with Gasteiger partial charge in [-0.25, -0.2) is 0 Å². The van der Waals surface area contributed by atoms with Crippen molar-refractivity contribution < 1.29 is 14.7 Å². The average Bonchev–Trinajstić information content (AvgIpc) is 2.98. The Morgan fingerprint density at radius 3 is 2.55 bits per heavy atom. The van der Waals surface area contributed by atoms with Crippen LogP contribution >= 0.6 is 0 Å². The van der Waals surface area contributed by atoms with Gasteiger partial charge in [0.2, 0.25) is 5.91 Å². The van der Waals surface area contributed by atoms with Crippen LogP contribution < -0.4 is 5.32 Å². The average molecular weight is 279 g/mol. The van der Waals surface area contributed by atoms with Gasteiger partial charge in [-0.15, -0.1) is 0 Å². The van der Waals surface area contributed by atoms with Gasteiger partial charge in [-0.1, -0.05) is 26.0 Å². The van der Waals surface area contributed by atoms with Crippen molar-refractivity contribution in [2.24, 2.45) is 23.2 Å². The van der Waals surface area contributed by atoms with Gasteiger partial charge in [0.15, 0.2) is 0 Å². The molecule has 1 amide bonds. The maximum Gasteiger partial charge on any atom is 0.303 e. The first-order chi connectivity index (χ1) is 9.37. The predicted molar refractivity (Wildman–Crippen MR) is 77.1 cm³/mol. The fraction of sp³-hybridized carbons (Fsp3) is 0.750. The molecule has 2 N–H and O–H groups in total. The van der Waals surface area contributed by atoms with Crippen molar-refractivity contribution >= 4 is 11.9 Å². The lowest BCUT2D eigenvalue weighted by Crippen LogP contribution is -2.35. The standard InChI is InChI=1S/C16H25NO3/c1-16(2,6-5-14(18)19)7-8-17-15(20)13-10-11-3-4-12(13)9-11/h3-4,11-13H,5-10H2,1-2H3,(H,17,20)(H,18,19). The molecule has 4 heteroatoms. The number of allylic oxidation sites excluding steroid dienone is 2. The van der Waals surface area contributed by atoms with Crippen LogP contribution in [0.2, 0.25) is 0 Å². The Morgan fingerprint density at radius 2 is 2.00 bits per heavy atom. The zero-order valence-electron chi connectivity index (χ0n) is 12.4. The van der Waals surface area contributed by atoms with Crippen molar-refractivity contribution in [2.45, 2.75) is 46.0 Å². The molecule has 3 unspecified atom stereocenters. The van der Waals surface area contributed by atoms with Gasteiger partial charge in [0.1, 0.15) is 0 Å². The first kappa shape index (κ1) is 15.1. The van der Waals surface area contributed by atoms with Crippen LogP contribution in [0.15, 0.2) is 12.2 Å². The van der Waals surface area contributed by atoms with Crippen LogP contribution in [0.1, 0.15) is 46.0 Å². The van der Waals surface area contributed by atoms with E-state index in [2.05, 4.69) is 31.3 Å². The van der Waals surface area contributed by atoms with Crippen LogP contribution in [-0.2, 0) is 9.59 Å². The third kappa shape index (κ3) is 3.84. The monoisotopic (exact) mass is 279 g/mol. The number of aliphatic carboxylic acids is 1. The van der Waals surface area contributed by atoms with Crippen LogP contribution in [0.3, 0.4) is 0 Å². The number of fused-ring (bicyclic) bond motifs is 2. The summed E-state index contributed by atoms with van der Waals surface area (Å²) in [5.41, 5.74) is -0.0414. The lowest BCUT2D eigenvalue weighted by Gasteiger charge is -2.25. The van der Waals surface area contributed by atoms with E-state index < -0.39 is 5.97 Å². The molecule has 0 aromatic rings. The summed E-state index contributed by atoms with van der Waals surface area (Å²) < 4.78 is 0. The van der Waals surface area contributed by atoms with Crippen molar-refractivity contribution in [3.05, 3.63) is 12.2 Å². The highest BCUT2D eigenvalue weighted by Crippen LogP contribution is 2.43. The molecular weight excluding hydrogens is 254 g/mol. The summed E-state index contributed by atoms with van der Waals surface area (Å²) in [6.45, 7) is 4.76. The number of carboxylic acid groups (broad SMARTS) is 1. The van der Waals surface area contributed by atoms with Gasteiger partial charge in [-0.2, -0.15) is 0 Å². The molecule has 4 nitrogen and oxygen atoms in total.